The minimum Gasteiger partial charge on any atom is -0.489 e. The Bertz CT molecular complexity index is 669. The van der Waals surface area contributed by atoms with Crippen molar-refractivity contribution in [2.24, 2.45) is 0 Å². The molecule has 2 rings (SSSR count). The van der Waals surface area contributed by atoms with Crippen LogP contribution in [0.2, 0.25) is 0 Å². The number of nitrogens with one attached hydrogen (secondary N) is 1. The lowest BCUT2D eigenvalue weighted by Crippen LogP contribution is -2.04. The molecule has 1 N–H and O–H groups in total. The average Bonchev–Trinajstić information content (AvgIpc) is 2.48. The number of nitro benzene ring substituents is 1. The zero-order chi connectivity index (χ0) is 15.4. The fourth-order valence-corrected chi connectivity index (χ4v) is 2.18. The molecule has 0 aliphatic carbocycles. The summed E-state index contributed by atoms with van der Waals surface area (Å²) in [7, 11) is 1.67. The summed E-state index contributed by atoms with van der Waals surface area (Å²) in [5.41, 5.74) is 3.54. The Balaban J connectivity index is 2.26. The van der Waals surface area contributed by atoms with Crippen molar-refractivity contribution in [2.75, 3.05) is 12.4 Å². The minimum absolute atomic E-state index is 0.0552. The molecule has 2 aromatic rings. The summed E-state index contributed by atoms with van der Waals surface area (Å²) >= 11 is 0. The summed E-state index contributed by atoms with van der Waals surface area (Å²) in [5, 5.41) is 13.9. The molecule has 0 saturated heterocycles. The maximum atomic E-state index is 11.0. The number of anilines is 1. The summed E-state index contributed by atoms with van der Waals surface area (Å²) < 4.78 is 5.82. The van der Waals surface area contributed by atoms with Crippen LogP contribution in [0.25, 0.3) is 0 Å². The molecule has 5 nitrogen and oxygen atoms in total. The molecule has 0 heterocycles. The Labute approximate surface area is 123 Å². The lowest BCUT2D eigenvalue weighted by atomic mass is 10.1. The fourth-order valence-electron chi connectivity index (χ4n) is 2.18. The molecule has 21 heavy (non-hydrogen) atoms. The zero-order valence-corrected chi connectivity index (χ0v) is 12.3. The van der Waals surface area contributed by atoms with Crippen LogP contribution in [-0.2, 0) is 6.61 Å². The number of para-hydroxylation sites is 1. The smallest absolute Gasteiger partial charge is 0.292 e. The third kappa shape index (κ3) is 3.13. The largest absolute Gasteiger partial charge is 0.489 e. The van der Waals surface area contributed by atoms with E-state index in [0.717, 1.165) is 22.4 Å². The second-order valence-electron chi connectivity index (χ2n) is 4.81. The highest BCUT2D eigenvalue weighted by molar-refractivity contribution is 5.66. The molecular formula is C16H18N2O3. The second-order valence-corrected chi connectivity index (χ2v) is 4.81. The van der Waals surface area contributed by atoms with E-state index in [1.165, 1.54) is 6.07 Å². The van der Waals surface area contributed by atoms with Gasteiger partial charge < -0.3 is 10.1 Å². The Hall–Kier alpha value is -2.56. The van der Waals surface area contributed by atoms with Crippen LogP contribution in [0, 0.1) is 24.0 Å². The van der Waals surface area contributed by atoms with Crippen molar-refractivity contribution >= 4 is 11.4 Å². The molecule has 0 aliphatic heterocycles. The van der Waals surface area contributed by atoms with Crippen LogP contribution in [0.15, 0.2) is 36.4 Å². The van der Waals surface area contributed by atoms with Crippen LogP contribution in [0.5, 0.6) is 5.75 Å². The van der Waals surface area contributed by atoms with Crippen molar-refractivity contribution in [1.82, 2.24) is 0 Å². The first-order valence-electron chi connectivity index (χ1n) is 6.67. The van der Waals surface area contributed by atoms with E-state index in [2.05, 4.69) is 5.32 Å². The van der Waals surface area contributed by atoms with Gasteiger partial charge in [-0.25, -0.2) is 0 Å². The Morgan fingerprint density at radius 2 is 1.90 bits per heavy atom. The maximum absolute atomic E-state index is 11.0. The van der Waals surface area contributed by atoms with Crippen LogP contribution in [0.1, 0.15) is 16.7 Å². The van der Waals surface area contributed by atoms with Crippen LogP contribution < -0.4 is 10.1 Å². The summed E-state index contributed by atoms with van der Waals surface area (Å²) in [5.74, 6) is 0.795. The molecule has 0 aromatic heterocycles. The van der Waals surface area contributed by atoms with Crippen molar-refractivity contribution in [3.63, 3.8) is 0 Å². The maximum Gasteiger partial charge on any atom is 0.292 e. The van der Waals surface area contributed by atoms with Gasteiger partial charge in [0.15, 0.2) is 0 Å². The summed E-state index contributed by atoms with van der Waals surface area (Å²) in [6.07, 6.45) is 0. The van der Waals surface area contributed by atoms with Crippen LogP contribution in [0.4, 0.5) is 11.4 Å². The molecule has 0 bridgehead atoms. The minimum atomic E-state index is -0.396. The number of ether oxygens (including phenoxy) is 1. The molecule has 0 spiro atoms. The van der Waals surface area contributed by atoms with Gasteiger partial charge in [-0.15, -0.1) is 0 Å². The van der Waals surface area contributed by atoms with E-state index in [-0.39, 0.29) is 12.3 Å². The number of benzene rings is 2. The fraction of sp³-hybridized carbons (Fsp3) is 0.250. The molecule has 5 heteroatoms. The number of nitro groups is 1. The van der Waals surface area contributed by atoms with Gasteiger partial charge in [-0.2, -0.15) is 0 Å². The van der Waals surface area contributed by atoms with E-state index in [0.29, 0.717) is 5.69 Å². The molecule has 0 amide bonds. The van der Waals surface area contributed by atoms with Gasteiger partial charge in [-0.3, -0.25) is 10.1 Å². The standard InChI is InChI=1S/C16H18N2O3/c1-11-6-4-9-15(12(11)2)21-10-13-7-5-8-14(18(19)20)16(13)17-3/h4-9,17H,10H2,1-3H3. The third-order valence-corrected chi connectivity index (χ3v) is 3.51. The predicted molar refractivity (Wildman–Crippen MR) is 82.9 cm³/mol. The van der Waals surface area contributed by atoms with Gasteiger partial charge in [0.2, 0.25) is 0 Å². The highest BCUT2D eigenvalue weighted by Gasteiger charge is 2.16. The Kier molecular flexibility index (Phi) is 4.42. The van der Waals surface area contributed by atoms with Crippen molar-refractivity contribution in [3.8, 4) is 5.75 Å². The van der Waals surface area contributed by atoms with Gasteiger partial charge in [-0.05, 0) is 31.0 Å². The first-order valence-corrected chi connectivity index (χ1v) is 6.67. The molecule has 0 atom stereocenters. The van der Waals surface area contributed by atoms with E-state index in [1.807, 2.05) is 38.1 Å². The number of nitrogens with zero attached hydrogens (tertiary/aromatic N) is 1. The summed E-state index contributed by atoms with van der Waals surface area (Å²) in [4.78, 5) is 10.6. The van der Waals surface area contributed by atoms with Gasteiger partial charge in [0.05, 0.1) is 4.92 Å². The normalized spacial score (nSPS) is 10.2. The number of aryl methyl sites for hydroxylation is 1. The van der Waals surface area contributed by atoms with Gasteiger partial charge >= 0.3 is 0 Å². The van der Waals surface area contributed by atoms with Gasteiger partial charge in [-0.1, -0.05) is 24.3 Å². The molecule has 0 aliphatic rings. The zero-order valence-electron chi connectivity index (χ0n) is 12.3. The van der Waals surface area contributed by atoms with Crippen LogP contribution in [-0.4, -0.2) is 12.0 Å². The first kappa shape index (κ1) is 14.8. The first-order chi connectivity index (χ1) is 10.0. The van der Waals surface area contributed by atoms with Crippen molar-refractivity contribution < 1.29 is 9.66 Å². The van der Waals surface area contributed by atoms with E-state index < -0.39 is 4.92 Å². The lowest BCUT2D eigenvalue weighted by molar-refractivity contribution is -0.384. The third-order valence-electron chi connectivity index (χ3n) is 3.51. The van der Waals surface area contributed by atoms with Gasteiger partial charge in [0, 0.05) is 18.7 Å². The van der Waals surface area contributed by atoms with E-state index in [4.69, 9.17) is 4.74 Å². The second kappa shape index (κ2) is 6.26. The van der Waals surface area contributed by atoms with Crippen LogP contribution >= 0.6 is 0 Å². The SMILES string of the molecule is CNc1c(COc2cccc(C)c2C)cccc1[N+](=O)[O-]. The van der Waals surface area contributed by atoms with E-state index >= 15 is 0 Å². The molecule has 2 aromatic carbocycles. The van der Waals surface area contributed by atoms with Crippen molar-refractivity contribution in [2.45, 2.75) is 20.5 Å². The Morgan fingerprint density at radius 3 is 2.57 bits per heavy atom. The monoisotopic (exact) mass is 286 g/mol. The summed E-state index contributed by atoms with van der Waals surface area (Å²) in [6.45, 7) is 4.30. The molecular weight excluding hydrogens is 268 g/mol. The molecule has 0 saturated carbocycles. The number of hydrogen-bond acceptors (Lipinski definition) is 4. The quantitative estimate of drug-likeness (QED) is 0.670. The van der Waals surface area contributed by atoms with Crippen LogP contribution in [0.3, 0.4) is 0 Å². The highest BCUT2D eigenvalue weighted by Crippen LogP contribution is 2.29. The van der Waals surface area contributed by atoms with Gasteiger partial charge in [0.25, 0.3) is 5.69 Å². The lowest BCUT2D eigenvalue weighted by Gasteiger charge is -2.13. The average molecular weight is 286 g/mol. The van der Waals surface area contributed by atoms with Gasteiger partial charge in [0.1, 0.15) is 18.0 Å². The highest BCUT2D eigenvalue weighted by atomic mass is 16.6. The predicted octanol–water partition coefficient (Wildman–Crippen LogP) is 3.83. The van der Waals surface area contributed by atoms with E-state index in [9.17, 15) is 10.1 Å². The number of hydrogen-bond donors (Lipinski definition) is 1. The van der Waals surface area contributed by atoms with Crippen molar-refractivity contribution in [3.05, 3.63) is 63.2 Å². The number of rotatable bonds is 5. The van der Waals surface area contributed by atoms with Crippen molar-refractivity contribution in [1.29, 1.82) is 0 Å². The molecule has 0 radical (unpaired) electrons. The topological polar surface area (TPSA) is 64.4 Å². The Morgan fingerprint density at radius 1 is 1.19 bits per heavy atom. The molecule has 0 fully saturated rings. The molecule has 0 unspecified atom stereocenters. The summed E-state index contributed by atoms with van der Waals surface area (Å²) in [6, 6.07) is 10.8. The molecule has 110 valence electrons. The van der Waals surface area contributed by atoms with E-state index in [1.54, 1.807) is 13.1 Å².